The van der Waals surface area contributed by atoms with Crippen LogP contribution in [0, 0.1) is 0 Å². The third-order valence-corrected chi connectivity index (χ3v) is 4.03. The lowest BCUT2D eigenvalue weighted by Crippen LogP contribution is -2.37. The smallest absolute Gasteiger partial charge is 0.319 e. The Labute approximate surface area is 126 Å². The van der Waals surface area contributed by atoms with Gasteiger partial charge in [0.25, 0.3) is 0 Å². The molecule has 0 spiro atoms. The van der Waals surface area contributed by atoms with Crippen LogP contribution in [0.4, 0.5) is 10.5 Å². The lowest BCUT2D eigenvalue weighted by Gasteiger charge is -2.16. The highest BCUT2D eigenvalue weighted by Gasteiger charge is 2.11. The second-order valence-electron chi connectivity index (χ2n) is 4.15. The molecule has 6 heteroatoms. The van der Waals surface area contributed by atoms with Crippen LogP contribution in [0.2, 0.25) is 0 Å². The highest BCUT2D eigenvalue weighted by atomic mass is 79.9. The van der Waals surface area contributed by atoms with Crippen molar-refractivity contribution < 1.29 is 9.53 Å². The molecule has 1 unspecified atom stereocenters. The van der Waals surface area contributed by atoms with Crippen molar-refractivity contribution in [2.45, 2.75) is 19.6 Å². The number of thioether (sulfide) groups is 1. The second kappa shape index (κ2) is 8.45. The van der Waals surface area contributed by atoms with Gasteiger partial charge in [-0.2, -0.15) is 11.8 Å². The predicted molar refractivity (Wildman–Crippen MR) is 84.9 cm³/mol. The molecule has 2 N–H and O–H groups in total. The van der Waals surface area contributed by atoms with E-state index in [1.54, 1.807) is 18.9 Å². The maximum absolute atomic E-state index is 11.9. The summed E-state index contributed by atoms with van der Waals surface area (Å²) in [5.41, 5.74) is 1.68. The molecule has 1 rings (SSSR count). The van der Waals surface area contributed by atoms with E-state index in [-0.39, 0.29) is 12.1 Å². The molecule has 2 amide bonds. The first-order chi connectivity index (χ1) is 9.08. The van der Waals surface area contributed by atoms with E-state index in [4.69, 9.17) is 4.74 Å². The van der Waals surface area contributed by atoms with Crippen LogP contribution in [0.15, 0.2) is 22.7 Å². The van der Waals surface area contributed by atoms with Gasteiger partial charge in [0.2, 0.25) is 0 Å². The van der Waals surface area contributed by atoms with Crippen molar-refractivity contribution in [1.29, 1.82) is 0 Å². The van der Waals surface area contributed by atoms with Crippen molar-refractivity contribution in [1.82, 2.24) is 5.32 Å². The number of halogens is 1. The molecule has 0 aliphatic rings. The first-order valence-electron chi connectivity index (χ1n) is 5.91. The Kier molecular flexibility index (Phi) is 7.27. The molecular formula is C13H19BrN2O2S. The topological polar surface area (TPSA) is 50.4 Å². The molecule has 0 saturated heterocycles. The van der Waals surface area contributed by atoms with Crippen LogP contribution in [-0.2, 0) is 11.3 Å². The average Bonchev–Trinajstić information content (AvgIpc) is 2.33. The van der Waals surface area contributed by atoms with E-state index in [1.165, 1.54) is 0 Å². The van der Waals surface area contributed by atoms with Gasteiger partial charge in [-0.05, 0) is 25.3 Å². The molecule has 0 bridgehead atoms. The third kappa shape index (κ3) is 5.42. The molecule has 1 aromatic rings. The number of rotatable bonds is 6. The summed E-state index contributed by atoms with van der Waals surface area (Å²) in [4.78, 5) is 11.9. The summed E-state index contributed by atoms with van der Waals surface area (Å²) in [7, 11) is 1.63. The van der Waals surface area contributed by atoms with Crippen molar-refractivity contribution in [3.63, 3.8) is 0 Å². The van der Waals surface area contributed by atoms with Gasteiger partial charge in [0.05, 0.1) is 6.61 Å². The van der Waals surface area contributed by atoms with Crippen LogP contribution >= 0.6 is 27.7 Å². The van der Waals surface area contributed by atoms with Crippen molar-refractivity contribution in [2.24, 2.45) is 0 Å². The summed E-state index contributed by atoms with van der Waals surface area (Å²) in [6.07, 6.45) is 2.01. The standard InChI is InChI=1S/C13H19BrN2O2S/c1-9(8-19-3)15-13(17)16-12-6-4-5-11(14)10(12)7-18-2/h4-6,9H,7-8H2,1-3H3,(H2,15,16,17). The van der Waals surface area contributed by atoms with Crippen molar-refractivity contribution in [3.8, 4) is 0 Å². The van der Waals surface area contributed by atoms with Crippen LogP contribution in [0.3, 0.4) is 0 Å². The molecule has 19 heavy (non-hydrogen) atoms. The first kappa shape index (κ1) is 16.3. The minimum absolute atomic E-state index is 0.132. The molecule has 0 fully saturated rings. The number of ether oxygens (including phenoxy) is 1. The van der Waals surface area contributed by atoms with E-state index < -0.39 is 0 Å². The number of nitrogens with one attached hydrogen (secondary N) is 2. The zero-order valence-electron chi connectivity index (χ0n) is 11.3. The Morgan fingerprint density at radius 3 is 2.89 bits per heavy atom. The fourth-order valence-corrected chi connectivity index (χ4v) is 2.70. The number of amides is 2. The van der Waals surface area contributed by atoms with E-state index in [0.717, 1.165) is 21.5 Å². The molecule has 0 saturated carbocycles. The normalized spacial score (nSPS) is 12.0. The summed E-state index contributed by atoms with van der Waals surface area (Å²) in [5, 5.41) is 5.75. The zero-order chi connectivity index (χ0) is 14.3. The van der Waals surface area contributed by atoms with Crippen LogP contribution in [-0.4, -0.2) is 31.2 Å². The van der Waals surface area contributed by atoms with Gasteiger partial charge in [0.1, 0.15) is 0 Å². The summed E-state index contributed by atoms with van der Waals surface area (Å²) in [5.74, 6) is 0.886. The Morgan fingerprint density at radius 1 is 1.53 bits per heavy atom. The van der Waals surface area contributed by atoms with Gasteiger partial charge >= 0.3 is 6.03 Å². The van der Waals surface area contributed by atoms with Crippen LogP contribution in [0.25, 0.3) is 0 Å². The summed E-state index contributed by atoms with van der Waals surface area (Å²) in [6.45, 7) is 2.42. The van der Waals surface area contributed by atoms with E-state index >= 15 is 0 Å². The van der Waals surface area contributed by atoms with Crippen LogP contribution in [0.5, 0.6) is 0 Å². The lowest BCUT2D eigenvalue weighted by atomic mass is 10.2. The fraction of sp³-hybridized carbons (Fsp3) is 0.462. The number of hydrogen-bond donors (Lipinski definition) is 2. The fourth-order valence-electron chi connectivity index (χ4n) is 1.64. The minimum Gasteiger partial charge on any atom is -0.380 e. The molecular weight excluding hydrogens is 328 g/mol. The Morgan fingerprint density at radius 2 is 2.26 bits per heavy atom. The number of urea groups is 1. The van der Waals surface area contributed by atoms with E-state index in [1.807, 2.05) is 31.4 Å². The quantitative estimate of drug-likeness (QED) is 0.829. The molecule has 0 aliphatic carbocycles. The van der Waals surface area contributed by atoms with Crippen molar-refractivity contribution in [2.75, 3.05) is 24.4 Å². The van der Waals surface area contributed by atoms with E-state index in [2.05, 4.69) is 26.6 Å². The average molecular weight is 347 g/mol. The van der Waals surface area contributed by atoms with Crippen molar-refractivity contribution >= 4 is 39.4 Å². The Hall–Kier alpha value is -0.720. The second-order valence-corrected chi connectivity index (χ2v) is 5.92. The number of hydrogen-bond acceptors (Lipinski definition) is 3. The number of anilines is 1. The molecule has 106 valence electrons. The van der Waals surface area contributed by atoms with Gasteiger partial charge in [-0.3, -0.25) is 0 Å². The zero-order valence-corrected chi connectivity index (χ0v) is 13.7. The van der Waals surface area contributed by atoms with E-state index in [0.29, 0.717) is 6.61 Å². The van der Waals surface area contributed by atoms with Gasteiger partial charge in [-0.15, -0.1) is 0 Å². The SMILES string of the molecule is COCc1c(Br)cccc1NC(=O)NC(C)CSC. The maximum Gasteiger partial charge on any atom is 0.319 e. The number of carbonyl (C=O) groups excluding carboxylic acids is 1. The summed E-state index contributed by atoms with van der Waals surface area (Å²) < 4.78 is 6.07. The molecule has 1 atom stereocenters. The monoisotopic (exact) mass is 346 g/mol. The Bertz CT molecular complexity index is 429. The van der Waals surface area contributed by atoms with Gasteiger partial charge in [0.15, 0.2) is 0 Å². The predicted octanol–water partition coefficient (Wildman–Crippen LogP) is 3.47. The maximum atomic E-state index is 11.9. The van der Waals surface area contributed by atoms with Gasteiger partial charge in [-0.25, -0.2) is 4.79 Å². The first-order valence-corrected chi connectivity index (χ1v) is 8.10. The molecule has 1 aromatic carbocycles. The van der Waals surface area contributed by atoms with Crippen LogP contribution < -0.4 is 10.6 Å². The van der Waals surface area contributed by atoms with E-state index in [9.17, 15) is 4.79 Å². The molecule has 0 radical (unpaired) electrons. The molecule has 0 aliphatic heterocycles. The summed E-state index contributed by atoms with van der Waals surface area (Å²) >= 11 is 5.16. The van der Waals surface area contributed by atoms with Crippen LogP contribution in [0.1, 0.15) is 12.5 Å². The van der Waals surface area contributed by atoms with Gasteiger partial charge in [-0.1, -0.05) is 22.0 Å². The third-order valence-electron chi connectivity index (χ3n) is 2.45. The van der Waals surface area contributed by atoms with Gasteiger partial charge in [0, 0.05) is 34.6 Å². The minimum atomic E-state index is -0.197. The molecule has 0 heterocycles. The Balaban J connectivity index is 2.71. The number of benzene rings is 1. The van der Waals surface area contributed by atoms with Crippen molar-refractivity contribution in [3.05, 3.63) is 28.2 Å². The molecule has 4 nitrogen and oxygen atoms in total. The highest BCUT2D eigenvalue weighted by molar-refractivity contribution is 9.10. The molecule has 0 aromatic heterocycles. The summed E-state index contributed by atoms with van der Waals surface area (Å²) in [6, 6.07) is 5.60. The number of carbonyl (C=O) groups is 1. The number of methoxy groups -OCH3 is 1. The lowest BCUT2D eigenvalue weighted by molar-refractivity contribution is 0.185. The van der Waals surface area contributed by atoms with Gasteiger partial charge < -0.3 is 15.4 Å². The highest BCUT2D eigenvalue weighted by Crippen LogP contribution is 2.25. The largest absolute Gasteiger partial charge is 0.380 e.